The Balaban J connectivity index is 1.50. The normalized spacial score (nSPS) is 18.1. The molecule has 5 nitrogen and oxygen atoms in total. The van der Waals surface area contributed by atoms with Gasteiger partial charge in [-0.25, -0.2) is 18.7 Å². The summed E-state index contributed by atoms with van der Waals surface area (Å²) in [5.41, 5.74) is 3.21. The van der Waals surface area contributed by atoms with E-state index in [2.05, 4.69) is 9.88 Å². The van der Waals surface area contributed by atoms with Crippen LogP contribution in [0.4, 0.5) is 14.5 Å². The highest BCUT2D eigenvalue weighted by Gasteiger charge is 2.35. The van der Waals surface area contributed by atoms with Gasteiger partial charge in [0.2, 0.25) is 0 Å². The number of hydrogen-bond acceptors (Lipinski definition) is 4. The Hall–Kier alpha value is -3.09. The Bertz CT molecular complexity index is 1240. The van der Waals surface area contributed by atoms with E-state index in [0.717, 1.165) is 57.1 Å². The molecule has 1 aliphatic carbocycles. The van der Waals surface area contributed by atoms with Crippen LogP contribution >= 0.6 is 0 Å². The smallest absolute Gasteiger partial charge is 0.270 e. The lowest BCUT2D eigenvalue weighted by Crippen LogP contribution is -2.31. The zero-order valence-corrected chi connectivity index (χ0v) is 19.9. The van der Waals surface area contributed by atoms with E-state index < -0.39 is 5.92 Å². The first-order valence-corrected chi connectivity index (χ1v) is 12.0. The van der Waals surface area contributed by atoms with Gasteiger partial charge in [-0.05, 0) is 62.4 Å². The van der Waals surface area contributed by atoms with Crippen molar-refractivity contribution in [3.8, 4) is 17.1 Å². The molecule has 1 fully saturated rings. The number of Topliss-reactive ketones (excluding diaryl/α,β-unsaturated/α-hetero) is 1. The number of hydrogen-bond donors (Lipinski definition) is 0. The quantitative estimate of drug-likeness (QED) is 0.462. The lowest BCUT2D eigenvalue weighted by atomic mass is 9.75. The van der Waals surface area contributed by atoms with Crippen molar-refractivity contribution in [3.05, 3.63) is 59.7 Å². The summed E-state index contributed by atoms with van der Waals surface area (Å²) in [6.45, 7) is 6.63. The van der Waals surface area contributed by atoms with Gasteiger partial charge in [0.25, 0.3) is 5.92 Å². The van der Waals surface area contributed by atoms with Gasteiger partial charge in [0.1, 0.15) is 12.1 Å². The summed E-state index contributed by atoms with van der Waals surface area (Å²) < 4.78 is 30.5. The summed E-state index contributed by atoms with van der Waals surface area (Å²) in [6.07, 6.45) is 8.29. The molecular formula is C27H30F2N4O. The van der Waals surface area contributed by atoms with Gasteiger partial charge in [-0.1, -0.05) is 13.8 Å². The molecule has 2 aliphatic rings. The van der Waals surface area contributed by atoms with Gasteiger partial charge in [0.05, 0.1) is 11.4 Å². The molecule has 178 valence electrons. The molecule has 0 saturated carbocycles. The third kappa shape index (κ3) is 4.24. The fourth-order valence-electron chi connectivity index (χ4n) is 4.88. The maximum atomic E-state index is 14.3. The van der Waals surface area contributed by atoms with Crippen LogP contribution in [0.25, 0.3) is 17.1 Å². The summed E-state index contributed by atoms with van der Waals surface area (Å²) in [5.74, 6) is -2.15. The highest BCUT2D eigenvalue weighted by Crippen LogP contribution is 2.36. The number of aromatic nitrogens is 3. The maximum absolute atomic E-state index is 14.3. The average Bonchev–Trinajstić information content (AvgIpc) is 3.32. The molecule has 3 heterocycles. The maximum Gasteiger partial charge on any atom is 0.270 e. The molecule has 34 heavy (non-hydrogen) atoms. The van der Waals surface area contributed by atoms with Gasteiger partial charge in [0, 0.05) is 54.0 Å². The highest BCUT2D eigenvalue weighted by atomic mass is 19.3. The molecule has 0 amide bonds. The van der Waals surface area contributed by atoms with Gasteiger partial charge < -0.3 is 4.90 Å². The molecular weight excluding hydrogens is 434 g/mol. The Labute approximate surface area is 198 Å². The Kier molecular flexibility index (Phi) is 5.53. The first kappa shape index (κ1) is 22.7. The number of benzene rings is 1. The minimum atomic E-state index is -2.94. The second kappa shape index (κ2) is 8.29. The Morgan fingerprint density at radius 2 is 1.82 bits per heavy atom. The van der Waals surface area contributed by atoms with Gasteiger partial charge in [-0.3, -0.25) is 9.36 Å². The zero-order chi connectivity index (χ0) is 24.1. The second-order valence-electron chi connectivity index (χ2n) is 10.2. The van der Waals surface area contributed by atoms with E-state index in [1.165, 1.54) is 12.5 Å². The molecule has 0 bridgehead atoms. The minimum absolute atomic E-state index is 0.00634. The molecule has 2 aromatic heterocycles. The number of pyridine rings is 1. The van der Waals surface area contributed by atoms with E-state index in [1.807, 2.05) is 38.2 Å². The van der Waals surface area contributed by atoms with Crippen molar-refractivity contribution >= 4 is 11.5 Å². The van der Waals surface area contributed by atoms with Crippen LogP contribution in [-0.4, -0.2) is 33.4 Å². The molecule has 1 aliphatic heterocycles. The van der Waals surface area contributed by atoms with E-state index in [-0.39, 0.29) is 16.8 Å². The summed E-state index contributed by atoms with van der Waals surface area (Å²) in [6, 6.07) is 8.75. The first-order valence-electron chi connectivity index (χ1n) is 12.0. The Morgan fingerprint density at radius 1 is 1.06 bits per heavy atom. The minimum Gasteiger partial charge on any atom is -0.372 e. The third-order valence-electron chi connectivity index (χ3n) is 7.09. The number of anilines is 1. The molecule has 7 heteroatoms. The summed E-state index contributed by atoms with van der Waals surface area (Å²) in [5, 5.41) is 0. The van der Waals surface area contributed by atoms with Crippen LogP contribution in [0.15, 0.2) is 42.9 Å². The number of imidazole rings is 1. The van der Waals surface area contributed by atoms with Gasteiger partial charge in [-0.2, -0.15) is 0 Å². The van der Waals surface area contributed by atoms with E-state index >= 15 is 0 Å². The lowest BCUT2D eigenvalue weighted by Gasteiger charge is -2.30. The van der Waals surface area contributed by atoms with Crippen molar-refractivity contribution in [1.82, 2.24) is 14.5 Å². The van der Waals surface area contributed by atoms with Crippen molar-refractivity contribution in [2.24, 2.45) is 5.41 Å². The summed E-state index contributed by atoms with van der Waals surface area (Å²) in [7, 11) is 0. The number of aryl methyl sites for hydroxylation is 1. The van der Waals surface area contributed by atoms with Gasteiger partial charge in [0.15, 0.2) is 5.78 Å². The third-order valence-corrected chi connectivity index (χ3v) is 7.09. The van der Waals surface area contributed by atoms with Crippen LogP contribution in [0.3, 0.4) is 0 Å². The first-order chi connectivity index (χ1) is 16.1. The van der Waals surface area contributed by atoms with Crippen molar-refractivity contribution < 1.29 is 13.6 Å². The standard InChI is InChI=1S/C27H30F2N4O/c1-26(2)10-9-22-21(25(26)34)7-8-24(31-22)33-16-23(30-17-33)18-13-19(27(3,28)29)15-20(14-18)32-11-5-4-6-12-32/h7-8,13-17H,4-6,9-12H2,1-3H3. The topological polar surface area (TPSA) is 51.0 Å². The zero-order valence-electron chi connectivity index (χ0n) is 19.9. The number of nitrogens with zero attached hydrogens (tertiary/aromatic N) is 4. The van der Waals surface area contributed by atoms with Gasteiger partial charge in [-0.15, -0.1) is 0 Å². The predicted octanol–water partition coefficient (Wildman–Crippen LogP) is 6.19. The molecule has 1 saturated heterocycles. The van der Waals surface area contributed by atoms with Crippen molar-refractivity contribution in [2.75, 3.05) is 18.0 Å². The largest absolute Gasteiger partial charge is 0.372 e. The van der Waals surface area contributed by atoms with Crippen LogP contribution in [0.1, 0.15) is 68.1 Å². The van der Waals surface area contributed by atoms with E-state index in [4.69, 9.17) is 4.98 Å². The molecule has 0 N–H and O–H groups in total. The fourth-order valence-corrected chi connectivity index (χ4v) is 4.88. The summed E-state index contributed by atoms with van der Waals surface area (Å²) in [4.78, 5) is 24.2. The van der Waals surface area contributed by atoms with E-state index in [9.17, 15) is 13.6 Å². The van der Waals surface area contributed by atoms with Crippen LogP contribution in [0.2, 0.25) is 0 Å². The average molecular weight is 465 g/mol. The fraction of sp³-hybridized carbons (Fsp3) is 0.444. The number of fused-ring (bicyclic) bond motifs is 1. The van der Waals surface area contributed by atoms with Crippen molar-refractivity contribution in [2.45, 2.75) is 58.8 Å². The molecule has 3 aromatic rings. The number of ketones is 1. The van der Waals surface area contributed by atoms with Crippen molar-refractivity contribution in [3.63, 3.8) is 0 Å². The van der Waals surface area contributed by atoms with E-state index in [0.29, 0.717) is 22.6 Å². The van der Waals surface area contributed by atoms with Crippen LogP contribution in [0, 0.1) is 5.41 Å². The van der Waals surface area contributed by atoms with Gasteiger partial charge >= 0.3 is 0 Å². The monoisotopic (exact) mass is 464 g/mol. The Morgan fingerprint density at radius 3 is 2.56 bits per heavy atom. The number of piperidine rings is 1. The molecule has 0 unspecified atom stereocenters. The number of alkyl halides is 2. The molecule has 0 radical (unpaired) electrons. The summed E-state index contributed by atoms with van der Waals surface area (Å²) >= 11 is 0. The number of carbonyl (C=O) groups excluding carboxylic acids is 1. The number of halogens is 2. The molecule has 1 aromatic carbocycles. The van der Waals surface area contributed by atoms with Crippen LogP contribution in [0.5, 0.6) is 0 Å². The molecule has 0 spiro atoms. The SMILES string of the molecule is CC1(C)CCc2nc(-n3cnc(-c4cc(N5CCCCC5)cc(C(C)(F)F)c4)c3)ccc2C1=O. The van der Waals surface area contributed by atoms with Crippen LogP contribution in [-0.2, 0) is 12.3 Å². The number of carbonyl (C=O) groups is 1. The predicted molar refractivity (Wildman–Crippen MR) is 129 cm³/mol. The molecule has 5 rings (SSSR count). The van der Waals surface area contributed by atoms with Crippen LogP contribution < -0.4 is 4.90 Å². The lowest BCUT2D eigenvalue weighted by molar-refractivity contribution is 0.0175. The highest BCUT2D eigenvalue weighted by molar-refractivity contribution is 6.02. The second-order valence-corrected chi connectivity index (χ2v) is 10.2. The molecule has 0 atom stereocenters. The van der Waals surface area contributed by atoms with E-state index in [1.54, 1.807) is 17.0 Å². The van der Waals surface area contributed by atoms with Crippen molar-refractivity contribution in [1.29, 1.82) is 0 Å². The number of rotatable bonds is 4.